The van der Waals surface area contributed by atoms with Crippen LogP contribution < -0.4 is 9.47 Å². The lowest BCUT2D eigenvalue weighted by Gasteiger charge is -2.27. The fourth-order valence-corrected chi connectivity index (χ4v) is 8.63. The van der Waals surface area contributed by atoms with Crippen molar-refractivity contribution in [1.82, 2.24) is 0 Å². The van der Waals surface area contributed by atoms with Gasteiger partial charge in [-0.1, -0.05) is 66.6 Å². The normalized spacial score (nSPS) is 30.0. The summed E-state index contributed by atoms with van der Waals surface area (Å²) in [4.78, 5) is 52.2. The molecule has 0 spiro atoms. The molecule has 4 aliphatic rings. The van der Waals surface area contributed by atoms with E-state index in [1.165, 1.54) is 0 Å². The lowest BCUT2D eigenvalue weighted by molar-refractivity contribution is -0.152. The van der Waals surface area contributed by atoms with Gasteiger partial charge in [-0.25, -0.2) is 0 Å². The van der Waals surface area contributed by atoms with Gasteiger partial charge in [0.1, 0.15) is 11.5 Å². The molecule has 226 valence electrons. The summed E-state index contributed by atoms with van der Waals surface area (Å²) in [6.45, 7) is 5.84. The highest BCUT2D eigenvalue weighted by Gasteiger charge is 2.56. The van der Waals surface area contributed by atoms with E-state index in [4.69, 9.17) is 9.47 Å². The van der Waals surface area contributed by atoms with Crippen LogP contribution in [0.5, 0.6) is 11.5 Å². The number of allylic oxidation sites excluding steroid dienone is 4. The molecule has 2 saturated carbocycles. The molecule has 8 nitrogen and oxygen atoms in total. The van der Waals surface area contributed by atoms with Gasteiger partial charge in [-0.05, 0) is 68.4 Å². The van der Waals surface area contributed by atoms with Gasteiger partial charge in [0, 0.05) is 21.5 Å². The zero-order valence-corrected chi connectivity index (χ0v) is 24.8. The third-order valence-corrected chi connectivity index (χ3v) is 10.7. The molecular formula is C36H34O8. The first-order valence-electron chi connectivity index (χ1n) is 15.3. The van der Waals surface area contributed by atoms with E-state index in [-0.39, 0.29) is 29.4 Å². The molecule has 4 bridgehead atoms. The van der Waals surface area contributed by atoms with Gasteiger partial charge >= 0.3 is 23.9 Å². The second-order valence-corrected chi connectivity index (χ2v) is 12.9. The minimum atomic E-state index is -0.998. The Kier molecular flexibility index (Phi) is 6.64. The van der Waals surface area contributed by atoms with Crippen molar-refractivity contribution in [3.05, 3.63) is 71.3 Å². The Morgan fingerprint density at radius 1 is 0.682 bits per heavy atom. The number of rotatable bonds is 7. The van der Waals surface area contributed by atoms with Crippen molar-refractivity contribution < 1.29 is 38.9 Å². The summed E-state index contributed by atoms with van der Waals surface area (Å²) in [6.07, 6.45) is 5.95. The Bertz CT molecular complexity index is 1830. The molecule has 0 saturated heterocycles. The molecule has 7 rings (SSSR count). The van der Waals surface area contributed by atoms with E-state index in [1.807, 2.05) is 51.1 Å². The number of carboxylic acid groups (broad SMARTS) is 2. The van der Waals surface area contributed by atoms with E-state index in [9.17, 15) is 29.4 Å². The smallest absolute Gasteiger partial charge is 0.315 e. The summed E-state index contributed by atoms with van der Waals surface area (Å²) in [5, 5.41) is 22.3. The molecule has 8 unspecified atom stereocenters. The Morgan fingerprint density at radius 2 is 1.14 bits per heavy atom. The van der Waals surface area contributed by atoms with Gasteiger partial charge < -0.3 is 19.7 Å². The zero-order valence-electron chi connectivity index (χ0n) is 24.8. The second-order valence-electron chi connectivity index (χ2n) is 12.9. The molecule has 2 N–H and O–H groups in total. The average molecular weight is 595 g/mol. The summed E-state index contributed by atoms with van der Waals surface area (Å²) >= 11 is 0. The van der Waals surface area contributed by atoms with Gasteiger partial charge in [-0.15, -0.1) is 0 Å². The fourth-order valence-electron chi connectivity index (χ4n) is 8.63. The van der Waals surface area contributed by atoms with Gasteiger partial charge in [0.2, 0.25) is 0 Å². The highest BCUT2D eigenvalue weighted by atomic mass is 16.5. The lowest BCUT2D eigenvalue weighted by Crippen LogP contribution is -2.36. The highest BCUT2D eigenvalue weighted by molar-refractivity contribution is 6.13. The highest BCUT2D eigenvalue weighted by Crippen LogP contribution is 2.54. The topological polar surface area (TPSA) is 127 Å². The third-order valence-electron chi connectivity index (χ3n) is 10.7. The molecule has 4 aliphatic carbocycles. The first kappa shape index (κ1) is 28.3. The zero-order chi connectivity index (χ0) is 31.0. The maximum Gasteiger partial charge on any atom is 0.315 e. The van der Waals surface area contributed by atoms with Crippen molar-refractivity contribution in [2.75, 3.05) is 0 Å². The number of hydrogen-bond donors (Lipinski definition) is 2. The fraction of sp³-hybridized carbons (Fsp3) is 0.389. The van der Waals surface area contributed by atoms with Crippen LogP contribution >= 0.6 is 0 Å². The number of carbonyl (C=O) groups excluding carboxylic acids is 2. The maximum absolute atomic E-state index is 13.8. The number of carbonyl (C=O) groups is 4. The predicted octanol–water partition coefficient (Wildman–Crippen LogP) is 6.19. The van der Waals surface area contributed by atoms with Crippen molar-refractivity contribution >= 4 is 45.4 Å². The second kappa shape index (κ2) is 10.3. The van der Waals surface area contributed by atoms with Crippen LogP contribution in [0, 0.1) is 47.3 Å². The summed E-state index contributed by atoms with van der Waals surface area (Å²) in [6, 6.07) is 12.8. The minimum absolute atomic E-state index is 0.184. The van der Waals surface area contributed by atoms with Crippen LogP contribution in [0.4, 0.5) is 0 Å². The van der Waals surface area contributed by atoms with Crippen molar-refractivity contribution in [3.63, 3.8) is 0 Å². The molecule has 0 aromatic heterocycles. The van der Waals surface area contributed by atoms with Crippen LogP contribution in [0.3, 0.4) is 0 Å². The van der Waals surface area contributed by atoms with E-state index in [0.717, 1.165) is 16.7 Å². The van der Waals surface area contributed by atoms with Gasteiger partial charge in [0.15, 0.2) is 0 Å². The summed E-state index contributed by atoms with van der Waals surface area (Å²) < 4.78 is 12.4. The number of esters is 2. The Balaban J connectivity index is 1.32. The van der Waals surface area contributed by atoms with E-state index < -0.39 is 47.5 Å². The van der Waals surface area contributed by atoms with Gasteiger partial charge in [0.05, 0.1) is 23.7 Å². The predicted molar refractivity (Wildman–Crippen MR) is 162 cm³/mol. The van der Waals surface area contributed by atoms with E-state index >= 15 is 0 Å². The monoisotopic (exact) mass is 594 g/mol. The van der Waals surface area contributed by atoms with Crippen molar-refractivity contribution in [2.45, 2.75) is 40.0 Å². The standard InChI is InChI=1S/C36H34O8/c1-4-18-9-10-23-26(13-18)32(44-36(42)28-20-12-17(3)25(15-20)30(28)34(39)40)22-8-6-5-7-21(22)31(23)43-35(41)27-19-11-16(2)24(14-19)29(27)33(37)38/h5-13,19-20,24-25,27-30H,4,14-15H2,1-3H3,(H,37,38)(H,39,40). The number of hydrogen-bond acceptors (Lipinski definition) is 6. The molecule has 0 radical (unpaired) electrons. The van der Waals surface area contributed by atoms with E-state index in [2.05, 4.69) is 0 Å². The molecule has 0 heterocycles. The first-order chi connectivity index (χ1) is 21.1. The van der Waals surface area contributed by atoms with Gasteiger partial charge in [-0.3, -0.25) is 19.2 Å². The Labute approximate surface area is 254 Å². The van der Waals surface area contributed by atoms with E-state index in [0.29, 0.717) is 46.6 Å². The molecule has 0 aliphatic heterocycles. The van der Waals surface area contributed by atoms with Gasteiger partial charge in [0.25, 0.3) is 0 Å². The molecule has 3 aromatic rings. The molecular weight excluding hydrogens is 560 g/mol. The summed E-state index contributed by atoms with van der Waals surface area (Å²) in [5.41, 5.74) is 2.99. The SMILES string of the molecule is CCc1ccc2c(OC(=O)C3C4C=C(C)C(C4)C3C(=O)O)c3ccccc3c(OC(=O)C3C4C=C(C)C(C4)C3C(=O)O)c2c1. The quantitative estimate of drug-likeness (QED) is 0.143. The van der Waals surface area contributed by atoms with Crippen LogP contribution in [-0.4, -0.2) is 34.1 Å². The van der Waals surface area contributed by atoms with E-state index in [1.54, 1.807) is 24.3 Å². The molecule has 2 fully saturated rings. The van der Waals surface area contributed by atoms with Crippen molar-refractivity contribution in [3.8, 4) is 11.5 Å². The summed E-state index contributed by atoms with van der Waals surface area (Å²) in [7, 11) is 0. The van der Waals surface area contributed by atoms with Crippen molar-refractivity contribution in [1.29, 1.82) is 0 Å². The third kappa shape index (κ3) is 4.18. The molecule has 8 atom stereocenters. The lowest BCUT2D eigenvalue weighted by atomic mass is 9.80. The van der Waals surface area contributed by atoms with Crippen LogP contribution in [0.25, 0.3) is 21.5 Å². The summed E-state index contributed by atoms with van der Waals surface area (Å²) in [5.74, 6) is -6.63. The number of aryl methyl sites for hydroxylation is 1. The Morgan fingerprint density at radius 3 is 1.59 bits per heavy atom. The van der Waals surface area contributed by atoms with Crippen LogP contribution in [0.1, 0.15) is 39.2 Å². The average Bonchev–Trinajstić information content (AvgIpc) is 3.76. The Hall–Kier alpha value is -4.46. The van der Waals surface area contributed by atoms with Crippen molar-refractivity contribution in [2.24, 2.45) is 47.3 Å². The number of carboxylic acids is 2. The van der Waals surface area contributed by atoms with Crippen LogP contribution in [0.15, 0.2) is 65.8 Å². The maximum atomic E-state index is 13.8. The number of fused-ring (bicyclic) bond motifs is 6. The van der Waals surface area contributed by atoms with Crippen LogP contribution in [0.2, 0.25) is 0 Å². The molecule has 8 heteroatoms. The minimum Gasteiger partial charge on any atom is -0.481 e. The largest absolute Gasteiger partial charge is 0.481 e. The van der Waals surface area contributed by atoms with Gasteiger partial charge in [-0.2, -0.15) is 0 Å². The first-order valence-corrected chi connectivity index (χ1v) is 15.3. The number of ether oxygens (including phenoxy) is 2. The molecule has 3 aromatic carbocycles. The number of benzene rings is 3. The number of aliphatic carboxylic acids is 2. The van der Waals surface area contributed by atoms with Crippen LogP contribution in [-0.2, 0) is 25.6 Å². The molecule has 0 amide bonds. The molecule has 44 heavy (non-hydrogen) atoms.